The second kappa shape index (κ2) is 9.98. The number of unbranched alkanes of at least 4 members (excludes halogenated alkanes) is 1. The number of anilines is 1. The summed E-state index contributed by atoms with van der Waals surface area (Å²) in [6.07, 6.45) is 1.91. The lowest BCUT2D eigenvalue weighted by atomic mass is 9.83. The van der Waals surface area contributed by atoms with E-state index in [1.54, 1.807) is 20.8 Å². The zero-order valence-electron chi connectivity index (χ0n) is 22.8. The minimum absolute atomic E-state index is 0.0854. The fraction of sp³-hybridized carbons (Fsp3) is 0.519. The number of carbonyl (C=O) groups is 2. The number of imidazole rings is 1. The fourth-order valence-electron chi connectivity index (χ4n) is 6.16. The summed E-state index contributed by atoms with van der Waals surface area (Å²) >= 11 is 0. The quantitative estimate of drug-likeness (QED) is 0.230. The van der Waals surface area contributed by atoms with E-state index in [0.717, 1.165) is 5.56 Å². The predicted octanol–water partition coefficient (Wildman–Crippen LogP) is 1.41. The maximum absolute atomic E-state index is 13.6. The summed E-state index contributed by atoms with van der Waals surface area (Å²) < 4.78 is 13.1. The minimum Gasteiger partial charge on any atom is -0.445 e. The van der Waals surface area contributed by atoms with E-state index in [2.05, 4.69) is 25.6 Å². The SMILES string of the molecule is CCNC(=O)[C@@]1(CCCCNC(=O)OCc2ccccc2)O[C@@H](n2cnc3c(N)ncnc32)[C@@]2(O)C(C)(C)[C@]21O. The highest BCUT2D eigenvalue weighted by Crippen LogP contribution is 2.79. The first kappa shape index (κ1) is 27.7. The molecule has 5 rings (SSSR count). The molecule has 3 aromatic rings. The summed E-state index contributed by atoms with van der Waals surface area (Å²) in [4.78, 5) is 38.2. The molecule has 13 heteroatoms. The molecule has 6 N–H and O–H groups in total. The maximum Gasteiger partial charge on any atom is 0.407 e. The number of nitrogens with one attached hydrogen (secondary N) is 2. The van der Waals surface area contributed by atoms with Gasteiger partial charge in [0, 0.05) is 18.5 Å². The zero-order valence-corrected chi connectivity index (χ0v) is 22.8. The molecule has 3 heterocycles. The van der Waals surface area contributed by atoms with E-state index in [-0.39, 0.29) is 25.4 Å². The first-order valence-corrected chi connectivity index (χ1v) is 13.3. The second-order valence-corrected chi connectivity index (χ2v) is 10.8. The van der Waals surface area contributed by atoms with E-state index in [4.69, 9.17) is 15.2 Å². The van der Waals surface area contributed by atoms with Gasteiger partial charge in [-0.3, -0.25) is 9.36 Å². The smallest absolute Gasteiger partial charge is 0.407 e. The van der Waals surface area contributed by atoms with E-state index >= 15 is 0 Å². The number of aliphatic hydroxyl groups is 2. The van der Waals surface area contributed by atoms with Gasteiger partial charge >= 0.3 is 6.09 Å². The number of rotatable bonds is 10. The summed E-state index contributed by atoms with van der Waals surface area (Å²) in [5.41, 5.74) is 0.785. The van der Waals surface area contributed by atoms with Gasteiger partial charge in [0.05, 0.1) is 6.33 Å². The number of nitrogens with two attached hydrogens (primary N) is 1. The van der Waals surface area contributed by atoms with Gasteiger partial charge < -0.3 is 36.1 Å². The van der Waals surface area contributed by atoms with Crippen LogP contribution in [-0.2, 0) is 20.9 Å². The molecule has 1 aromatic carbocycles. The van der Waals surface area contributed by atoms with Crippen molar-refractivity contribution in [2.45, 2.75) is 69.7 Å². The second-order valence-electron chi connectivity index (χ2n) is 10.8. The predicted molar refractivity (Wildman–Crippen MR) is 143 cm³/mol. The van der Waals surface area contributed by atoms with Gasteiger partial charge in [-0.25, -0.2) is 19.7 Å². The topological polar surface area (TPSA) is 187 Å². The van der Waals surface area contributed by atoms with Gasteiger partial charge in [-0.1, -0.05) is 44.2 Å². The molecule has 1 saturated heterocycles. The Morgan fingerprint density at radius 3 is 2.60 bits per heavy atom. The Morgan fingerprint density at radius 2 is 1.88 bits per heavy atom. The first-order chi connectivity index (χ1) is 19.0. The van der Waals surface area contributed by atoms with Crippen molar-refractivity contribution in [3.05, 3.63) is 48.5 Å². The van der Waals surface area contributed by atoms with Crippen molar-refractivity contribution in [1.29, 1.82) is 0 Å². The average Bonchev–Trinajstić information content (AvgIpc) is 3.27. The number of nitrogens with zero attached hydrogens (tertiary/aromatic N) is 4. The van der Waals surface area contributed by atoms with E-state index in [0.29, 0.717) is 30.6 Å². The molecule has 1 aliphatic heterocycles. The molecular formula is C27H35N7O6. The lowest BCUT2D eigenvalue weighted by Gasteiger charge is -2.37. The average molecular weight is 554 g/mol. The number of benzene rings is 1. The Morgan fingerprint density at radius 1 is 1.12 bits per heavy atom. The third-order valence-corrected chi connectivity index (χ3v) is 8.38. The number of ether oxygens (including phenoxy) is 2. The maximum atomic E-state index is 13.6. The van der Waals surface area contributed by atoms with Gasteiger partial charge in [-0.05, 0) is 31.7 Å². The van der Waals surface area contributed by atoms with Crippen LogP contribution in [0, 0.1) is 5.41 Å². The van der Waals surface area contributed by atoms with Gasteiger partial charge in [-0.15, -0.1) is 0 Å². The van der Waals surface area contributed by atoms with Gasteiger partial charge in [-0.2, -0.15) is 0 Å². The number of hydrogen-bond donors (Lipinski definition) is 5. The van der Waals surface area contributed by atoms with Crippen LogP contribution in [0.4, 0.5) is 10.6 Å². The molecule has 2 aliphatic rings. The highest BCUT2D eigenvalue weighted by atomic mass is 16.6. The molecule has 2 amide bonds. The molecule has 0 radical (unpaired) electrons. The molecule has 0 bridgehead atoms. The molecule has 0 spiro atoms. The summed E-state index contributed by atoms with van der Waals surface area (Å²) in [5.74, 6) is -0.373. The van der Waals surface area contributed by atoms with Crippen LogP contribution in [0.25, 0.3) is 11.2 Å². The third-order valence-electron chi connectivity index (χ3n) is 8.38. The van der Waals surface area contributed by atoms with Gasteiger partial charge in [0.15, 0.2) is 28.9 Å². The Labute approximate surface area is 231 Å². The van der Waals surface area contributed by atoms with Crippen molar-refractivity contribution in [2.24, 2.45) is 5.41 Å². The summed E-state index contributed by atoms with van der Waals surface area (Å²) in [5, 5.41) is 29.5. The van der Waals surface area contributed by atoms with Crippen LogP contribution in [0.2, 0.25) is 0 Å². The van der Waals surface area contributed by atoms with Crippen molar-refractivity contribution in [1.82, 2.24) is 30.2 Å². The normalized spacial score (nSPS) is 28.2. The molecule has 1 aliphatic carbocycles. The summed E-state index contributed by atoms with van der Waals surface area (Å²) in [7, 11) is 0. The number of hydrogen-bond acceptors (Lipinski definition) is 10. The van der Waals surface area contributed by atoms with Crippen molar-refractivity contribution in [3.63, 3.8) is 0 Å². The molecule has 13 nitrogen and oxygen atoms in total. The Balaban J connectivity index is 1.32. The molecule has 4 atom stereocenters. The molecule has 1 saturated carbocycles. The molecule has 2 fully saturated rings. The Kier molecular flexibility index (Phi) is 6.92. The standard InChI is InChI=1S/C27H35N7O6/c1-4-29-21(35)25(12-8-9-13-30-23(36)39-14-17-10-6-5-7-11-17)27(38)24(2,3)26(27,37)22(40-25)34-16-33-18-19(28)31-15-32-20(18)34/h5-7,10-11,15-16,22,37-38H,4,8-9,12-14H2,1-3H3,(H,29,35)(H,30,36)(H2,28,31,32)/t22-,25-,26-,27-/m1/s1. The third kappa shape index (κ3) is 3.83. The van der Waals surface area contributed by atoms with Gasteiger partial charge in [0.2, 0.25) is 0 Å². The molecule has 40 heavy (non-hydrogen) atoms. The highest BCUT2D eigenvalue weighted by Gasteiger charge is 2.98. The largest absolute Gasteiger partial charge is 0.445 e. The summed E-state index contributed by atoms with van der Waals surface area (Å²) in [6.45, 7) is 5.91. The fourth-order valence-corrected chi connectivity index (χ4v) is 6.16. The van der Waals surface area contributed by atoms with Crippen LogP contribution in [0.15, 0.2) is 43.0 Å². The van der Waals surface area contributed by atoms with Crippen molar-refractivity contribution >= 4 is 29.0 Å². The highest BCUT2D eigenvalue weighted by molar-refractivity contribution is 5.90. The van der Waals surface area contributed by atoms with E-state index in [9.17, 15) is 19.8 Å². The van der Waals surface area contributed by atoms with E-state index in [1.807, 2.05) is 30.3 Å². The van der Waals surface area contributed by atoms with Crippen LogP contribution in [0.5, 0.6) is 0 Å². The van der Waals surface area contributed by atoms with Gasteiger partial charge in [0.25, 0.3) is 5.91 Å². The number of aromatic nitrogens is 4. The number of amides is 2. The molecular weight excluding hydrogens is 518 g/mol. The number of fused-ring (bicyclic) bond motifs is 2. The summed E-state index contributed by atoms with van der Waals surface area (Å²) in [6, 6.07) is 9.34. The van der Waals surface area contributed by atoms with Crippen molar-refractivity contribution < 1.29 is 29.3 Å². The number of nitrogen functional groups attached to an aromatic ring is 1. The zero-order chi connectivity index (χ0) is 28.8. The lowest BCUT2D eigenvalue weighted by molar-refractivity contribution is -0.187. The Hall–Kier alpha value is -3.81. The number of carbonyl (C=O) groups excluding carboxylic acids is 2. The van der Waals surface area contributed by atoms with Crippen molar-refractivity contribution in [3.8, 4) is 0 Å². The molecule has 2 aromatic heterocycles. The van der Waals surface area contributed by atoms with Crippen LogP contribution in [-0.4, -0.2) is 71.6 Å². The van der Waals surface area contributed by atoms with E-state index < -0.39 is 40.4 Å². The molecule has 214 valence electrons. The van der Waals surface area contributed by atoms with E-state index in [1.165, 1.54) is 17.2 Å². The monoisotopic (exact) mass is 553 g/mol. The van der Waals surface area contributed by atoms with Gasteiger partial charge in [0.1, 0.15) is 24.1 Å². The Bertz CT molecular complexity index is 1410. The lowest BCUT2D eigenvalue weighted by Crippen LogP contribution is -2.58. The van der Waals surface area contributed by atoms with Crippen LogP contribution < -0.4 is 16.4 Å². The molecule has 0 unspecified atom stereocenters. The number of alkyl carbamates (subject to hydrolysis) is 1. The minimum atomic E-state index is -1.92. The van der Waals surface area contributed by atoms with Crippen molar-refractivity contribution in [2.75, 3.05) is 18.8 Å². The van der Waals surface area contributed by atoms with Crippen LogP contribution in [0.3, 0.4) is 0 Å². The van der Waals surface area contributed by atoms with Crippen LogP contribution in [0.1, 0.15) is 51.8 Å². The number of likely N-dealkylation sites (N-methyl/N-ethyl adjacent to an activating group) is 1. The first-order valence-electron chi connectivity index (χ1n) is 13.3. The van der Waals surface area contributed by atoms with Crippen LogP contribution >= 0.6 is 0 Å².